The molecular formula is C18H26N4O2. The number of aromatic nitrogens is 1. The van der Waals surface area contributed by atoms with Gasteiger partial charge in [-0.1, -0.05) is 0 Å². The summed E-state index contributed by atoms with van der Waals surface area (Å²) in [5.74, 6) is 0.380. The van der Waals surface area contributed by atoms with Crippen LogP contribution in [0.25, 0.3) is 0 Å². The highest BCUT2D eigenvalue weighted by molar-refractivity contribution is 5.79. The molecule has 24 heavy (non-hydrogen) atoms. The SMILES string of the molecule is CNCC(=O)N1CCCC2(CCC(=O)N(Cc3ccncc3)C2)C1. The van der Waals surface area contributed by atoms with Crippen molar-refractivity contribution in [3.63, 3.8) is 0 Å². The quantitative estimate of drug-likeness (QED) is 0.896. The molecule has 0 bridgehead atoms. The van der Waals surface area contributed by atoms with E-state index in [2.05, 4.69) is 10.3 Å². The predicted molar refractivity (Wildman–Crippen MR) is 91.1 cm³/mol. The van der Waals surface area contributed by atoms with Gasteiger partial charge in [0.25, 0.3) is 0 Å². The van der Waals surface area contributed by atoms with Gasteiger partial charge in [-0.2, -0.15) is 0 Å². The largest absolute Gasteiger partial charge is 0.341 e. The van der Waals surface area contributed by atoms with E-state index < -0.39 is 0 Å². The van der Waals surface area contributed by atoms with Gasteiger partial charge in [0.1, 0.15) is 0 Å². The van der Waals surface area contributed by atoms with Gasteiger partial charge in [-0.15, -0.1) is 0 Å². The van der Waals surface area contributed by atoms with E-state index >= 15 is 0 Å². The number of likely N-dealkylation sites (tertiary alicyclic amines) is 2. The summed E-state index contributed by atoms with van der Waals surface area (Å²) < 4.78 is 0. The van der Waals surface area contributed by atoms with Gasteiger partial charge in [-0.05, 0) is 44.0 Å². The molecule has 3 rings (SSSR count). The first-order chi connectivity index (χ1) is 11.6. The summed E-state index contributed by atoms with van der Waals surface area (Å²) in [6, 6.07) is 3.91. The highest BCUT2D eigenvalue weighted by Gasteiger charge is 2.42. The van der Waals surface area contributed by atoms with Crippen molar-refractivity contribution in [3.8, 4) is 0 Å². The predicted octanol–water partition coefficient (Wildman–Crippen LogP) is 1.03. The van der Waals surface area contributed by atoms with E-state index in [4.69, 9.17) is 0 Å². The van der Waals surface area contributed by atoms with Crippen LogP contribution in [-0.4, -0.2) is 59.8 Å². The number of amides is 2. The maximum absolute atomic E-state index is 12.4. The molecule has 6 heteroatoms. The van der Waals surface area contributed by atoms with Crippen molar-refractivity contribution in [1.29, 1.82) is 0 Å². The van der Waals surface area contributed by atoms with Crippen LogP contribution in [0, 0.1) is 5.41 Å². The fourth-order valence-electron chi connectivity index (χ4n) is 3.97. The molecule has 2 saturated heterocycles. The molecule has 2 aliphatic heterocycles. The van der Waals surface area contributed by atoms with Crippen LogP contribution < -0.4 is 5.32 Å². The lowest BCUT2D eigenvalue weighted by atomic mass is 9.73. The molecule has 1 N–H and O–H groups in total. The number of nitrogens with zero attached hydrogens (tertiary/aromatic N) is 3. The minimum Gasteiger partial charge on any atom is -0.341 e. The zero-order chi connectivity index (χ0) is 17.0. The van der Waals surface area contributed by atoms with E-state index in [-0.39, 0.29) is 17.2 Å². The minimum absolute atomic E-state index is 0.0581. The molecule has 0 aliphatic carbocycles. The first kappa shape index (κ1) is 16.9. The molecule has 2 aliphatic rings. The normalized spacial score (nSPS) is 24.5. The van der Waals surface area contributed by atoms with Crippen molar-refractivity contribution < 1.29 is 9.59 Å². The number of likely N-dealkylation sites (N-methyl/N-ethyl adjacent to an activating group) is 1. The van der Waals surface area contributed by atoms with Gasteiger partial charge < -0.3 is 15.1 Å². The molecule has 130 valence electrons. The van der Waals surface area contributed by atoms with Crippen LogP contribution in [0.15, 0.2) is 24.5 Å². The number of carbonyl (C=O) groups is 2. The molecular weight excluding hydrogens is 304 g/mol. The monoisotopic (exact) mass is 330 g/mol. The van der Waals surface area contributed by atoms with Crippen molar-refractivity contribution >= 4 is 11.8 Å². The first-order valence-corrected chi connectivity index (χ1v) is 8.71. The Kier molecular flexibility index (Phi) is 5.14. The zero-order valence-electron chi connectivity index (χ0n) is 14.3. The molecule has 2 amide bonds. The highest BCUT2D eigenvalue weighted by Crippen LogP contribution is 2.39. The Balaban J connectivity index is 1.69. The Morgan fingerprint density at radius 1 is 1.29 bits per heavy atom. The second-order valence-corrected chi connectivity index (χ2v) is 7.05. The van der Waals surface area contributed by atoms with Crippen molar-refractivity contribution in [3.05, 3.63) is 30.1 Å². The molecule has 1 aromatic rings. The van der Waals surface area contributed by atoms with Gasteiger partial charge in [0.2, 0.25) is 11.8 Å². The Bertz CT molecular complexity index is 592. The molecule has 2 fully saturated rings. The number of rotatable bonds is 4. The van der Waals surface area contributed by atoms with Gasteiger partial charge in [-0.3, -0.25) is 14.6 Å². The Labute approximate surface area is 143 Å². The lowest BCUT2D eigenvalue weighted by Gasteiger charge is -2.48. The third-order valence-corrected chi connectivity index (χ3v) is 5.21. The van der Waals surface area contributed by atoms with E-state index in [1.54, 1.807) is 19.4 Å². The van der Waals surface area contributed by atoms with Gasteiger partial charge >= 0.3 is 0 Å². The number of hydrogen-bond acceptors (Lipinski definition) is 4. The number of hydrogen-bond donors (Lipinski definition) is 1. The minimum atomic E-state index is 0.0581. The summed E-state index contributed by atoms with van der Waals surface area (Å²) in [6.07, 6.45) is 7.11. The third kappa shape index (κ3) is 3.75. The van der Waals surface area contributed by atoms with E-state index in [1.165, 1.54) is 0 Å². The zero-order valence-corrected chi connectivity index (χ0v) is 14.3. The second-order valence-electron chi connectivity index (χ2n) is 7.05. The average Bonchev–Trinajstić information content (AvgIpc) is 2.60. The lowest BCUT2D eigenvalue weighted by Crippen LogP contribution is -2.55. The third-order valence-electron chi connectivity index (χ3n) is 5.21. The number of nitrogens with one attached hydrogen (secondary N) is 1. The molecule has 1 unspecified atom stereocenters. The summed E-state index contributed by atoms with van der Waals surface area (Å²) in [4.78, 5) is 32.6. The van der Waals surface area contributed by atoms with E-state index in [9.17, 15) is 9.59 Å². The topological polar surface area (TPSA) is 65.5 Å². The summed E-state index contributed by atoms with van der Waals surface area (Å²) in [7, 11) is 1.80. The molecule has 0 saturated carbocycles. The Morgan fingerprint density at radius 3 is 2.83 bits per heavy atom. The molecule has 0 aromatic carbocycles. The average molecular weight is 330 g/mol. The van der Waals surface area contributed by atoms with Gasteiger partial charge in [0.15, 0.2) is 0 Å². The van der Waals surface area contributed by atoms with Gasteiger partial charge in [0.05, 0.1) is 6.54 Å². The Morgan fingerprint density at radius 2 is 2.08 bits per heavy atom. The summed E-state index contributed by atoms with van der Waals surface area (Å²) >= 11 is 0. The van der Waals surface area contributed by atoms with Crippen molar-refractivity contribution in [2.45, 2.75) is 32.2 Å². The van der Waals surface area contributed by atoms with Crippen molar-refractivity contribution in [2.75, 3.05) is 33.2 Å². The van der Waals surface area contributed by atoms with Gasteiger partial charge in [-0.25, -0.2) is 0 Å². The van der Waals surface area contributed by atoms with E-state index in [1.807, 2.05) is 21.9 Å². The van der Waals surface area contributed by atoms with Crippen LogP contribution in [0.4, 0.5) is 0 Å². The van der Waals surface area contributed by atoms with Crippen LogP contribution in [0.2, 0.25) is 0 Å². The van der Waals surface area contributed by atoms with Crippen LogP contribution >= 0.6 is 0 Å². The molecule has 1 atom stereocenters. The molecule has 1 aromatic heterocycles. The molecule has 1 spiro atoms. The summed E-state index contributed by atoms with van der Waals surface area (Å²) in [5.41, 5.74) is 1.16. The van der Waals surface area contributed by atoms with Crippen LogP contribution in [0.1, 0.15) is 31.2 Å². The van der Waals surface area contributed by atoms with Crippen molar-refractivity contribution in [2.24, 2.45) is 5.41 Å². The fraction of sp³-hybridized carbons (Fsp3) is 0.611. The van der Waals surface area contributed by atoms with Gasteiger partial charge in [0, 0.05) is 50.4 Å². The first-order valence-electron chi connectivity index (χ1n) is 8.71. The standard InChI is InChI=1S/C18H26N4O2/c1-19-11-17(24)21-10-2-6-18(13-21)7-3-16(23)22(14-18)12-15-4-8-20-9-5-15/h4-5,8-9,19H,2-3,6-7,10-14H2,1H3. The number of carbonyl (C=O) groups excluding carboxylic acids is 2. The molecule has 6 nitrogen and oxygen atoms in total. The number of pyridine rings is 1. The maximum Gasteiger partial charge on any atom is 0.236 e. The lowest BCUT2D eigenvalue weighted by molar-refractivity contribution is -0.143. The highest BCUT2D eigenvalue weighted by atomic mass is 16.2. The molecule has 0 radical (unpaired) electrons. The smallest absolute Gasteiger partial charge is 0.236 e. The molecule has 3 heterocycles. The van der Waals surface area contributed by atoms with Crippen LogP contribution in [-0.2, 0) is 16.1 Å². The fourth-order valence-corrected chi connectivity index (χ4v) is 3.97. The van der Waals surface area contributed by atoms with Crippen LogP contribution in [0.3, 0.4) is 0 Å². The second kappa shape index (κ2) is 7.30. The Hall–Kier alpha value is -1.95. The number of piperidine rings is 2. The van der Waals surface area contributed by atoms with E-state index in [0.29, 0.717) is 19.5 Å². The van der Waals surface area contributed by atoms with Crippen LogP contribution in [0.5, 0.6) is 0 Å². The van der Waals surface area contributed by atoms with E-state index in [0.717, 1.165) is 44.5 Å². The summed E-state index contributed by atoms with van der Waals surface area (Å²) in [5, 5.41) is 2.94. The van der Waals surface area contributed by atoms with Crippen molar-refractivity contribution in [1.82, 2.24) is 20.1 Å². The summed E-state index contributed by atoms with van der Waals surface area (Å²) in [6.45, 7) is 3.37. The maximum atomic E-state index is 12.4.